The zero-order valence-electron chi connectivity index (χ0n) is 13.2. The predicted molar refractivity (Wildman–Crippen MR) is 90.5 cm³/mol. The van der Waals surface area contributed by atoms with E-state index >= 15 is 0 Å². The molecule has 1 atom stereocenters. The number of anilines is 1. The average molecular weight is 346 g/mol. The molecular weight excluding hydrogens is 328 g/mol. The number of carbonyl (C=O) groups excluding carboxylic acids is 1. The Balaban J connectivity index is 1.63. The number of amides is 1. The van der Waals surface area contributed by atoms with E-state index in [1.165, 1.54) is 0 Å². The first-order valence-corrected chi connectivity index (χ1v) is 9.07. The molecule has 1 heterocycles. The molecule has 2 N–H and O–H groups in total. The molecule has 0 radical (unpaired) electrons. The van der Waals surface area contributed by atoms with Gasteiger partial charge in [-0.15, -0.1) is 0 Å². The van der Waals surface area contributed by atoms with Crippen LogP contribution in [0.1, 0.15) is 12.0 Å². The Kier molecular flexibility index (Phi) is 4.55. The molecule has 1 aliphatic rings. The maximum Gasteiger partial charge on any atom is 0.265 e. The summed E-state index contributed by atoms with van der Waals surface area (Å²) < 4.78 is 32.8. The fraction of sp³-hybridized carbons (Fsp3) is 0.235. The van der Waals surface area contributed by atoms with Crippen LogP contribution in [0.4, 0.5) is 5.69 Å². The minimum Gasteiger partial charge on any atom is -0.478 e. The van der Waals surface area contributed by atoms with Gasteiger partial charge >= 0.3 is 0 Å². The predicted octanol–water partition coefficient (Wildman–Crippen LogP) is 2.06. The molecule has 24 heavy (non-hydrogen) atoms. The zero-order valence-corrected chi connectivity index (χ0v) is 14.0. The van der Waals surface area contributed by atoms with Gasteiger partial charge in [0.2, 0.25) is 10.0 Å². The topological polar surface area (TPSA) is 84.5 Å². The van der Waals surface area contributed by atoms with Gasteiger partial charge in [-0.2, -0.15) is 0 Å². The number of carbonyl (C=O) groups is 1. The molecule has 1 amide bonds. The summed E-state index contributed by atoms with van der Waals surface area (Å²) in [7, 11) is -3.61. The Morgan fingerprint density at radius 3 is 2.62 bits per heavy atom. The van der Waals surface area contributed by atoms with Gasteiger partial charge in [-0.25, -0.2) is 13.1 Å². The normalized spacial score (nSPS) is 16.9. The van der Waals surface area contributed by atoms with Crippen molar-refractivity contribution < 1.29 is 17.9 Å². The molecule has 0 aromatic heterocycles. The fourth-order valence-corrected chi connectivity index (χ4v) is 3.83. The van der Waals surface area contributed by atoms with Gasteiger partial charge < -0.3 is 10.1 Å². The van der Waals surface area contributed by atoms with E-state index in [-0.39, 0.29) is 23.8 Å². The number of sulfonamides is 1. The van der Waals surface area contributed by atoms with Gasteiger partial charge in [0.05, 0.1) is 10.6 Å². The highest BCUT2D eigenvalue weighted by Crippen LogP contribution is 2.29. The average Bonchev–Trinajstić information content (AvgIpc) is 2.55. The summed E-state index contributed by atoms with van der Waals surface area (Å²) in [5.74, 6) is 0.313. The highest BCUT2D eigenvalue weighted by atomic mass is 32.2. The molecule has 0 saturated heterocycles. The largest absolute Gasteiger partial charge is 0.478 e. The second kappa shape index (κ2) is 6.62. The van der Waals surface area contributed by atoms with Crippen LogP contribution in [0.15, 0.2) is 53.4 Å². The Morgan fingerprint density at radius 2 is 1.83 bits per heavy atom. The van der Waals surface area contributed by atoms with E-state index in [4.69, 9.17) is 4.74 Å². The first-order chi connectivity index (χ1) is 11.5. The van der Waals surface area contributed by atoms with Crippen molar-refractivity contribution in [3.8, 4) is 5.75 Å². The number of fused-ring (bicyclic) bond motifs is 1. The molecule has 0 saturated carbocycles. The van der Waals surface area contributed by atoms with Gasteiger partial charge in [-0.1, -0.05) is 30.3 Å². The molecule has 126 valence electrons. The van der Waals surface area contributed by atoms with Crippen molar-refractivity contribution in [2.45, 2.75) is 24.3 Å². The number of aryl methyl sites for hydroxylation is 1. The van der Waals surface area contributed by atoms with E-state index < -0.39 is 16.1 Å². The number of para-hydroxylation sites is 2. The van der Waals surface area contributed by atoms with Crippen molar-refractivity contribution in [2.75, 3.05) is 11.9 Å². The van der Waals surface area contributed by atoms with Crippen LogP contribution < -0.4 is 14.8 Å². The van der Waals surface area contributed by atoms with Gasteiger partial charge in [0.1, 0.15) is 5.75 Å². The molecule has 6 nitrogen and oxygen atoms in total. The van der Waals surface area contributed by atoms with Crippen LogP contribution in [-0.2, 0) is 14.8 Å². The van der Waals surface area contributed by atoms with Crippen molar-refractivity contribution in [3.63, 3.8) is 0 Å². The number of ether oxygens (including phenoxy) is 1. The number of hydrogen-bond acceptors (Lipinski definition) is 4. The third-order valence-electron chi connectivity index (χ3n) is 3.79. The molecule has 2 aromatic carbocycles. The van der Waals surface area contributed by atoms with Crippen LogP contribution in [0.3, 0.4) is 0 Å². The van der Waals surface area contributed by atoms with Crippen molar-refractivity contribution in [3.05, 3.63) is 54.1 Å². The summed E-state index contributed by atoms with van der Waals surface area (Å²) in [6.07, 6.45) is -0.481. The van der Waals surface area contributed by atoms with Crippen molar-refractivity contribution in [2.24, 2.45) is 0 Å². The Hall–Kier alpha value is -2.38. The van der Waals surface area contributed by atoms with E-state index in [1.54, 1.807) is 49.4 Å². The van der Waals surface area contributed by atoms with E-state index in [2.05, 4.69) is 10.0 Å². The van der Waals surface area contributed by atoms with Crippen LogP contribution in [0.5, 0.6) is 5.75 Å². The van der Waals surface area contributed by atoms with Crippen molar-refractivity contribution in [1.29, 1.82) is 0 Å². The lowest BCUT2D eigenvalue weighted by Crippen LogP contribution is -2.39. The van der Waals surface area contributed by atoms with E-state index in [0.29, 0.717) is 17.0 Å². The third-order valence-corrected chi connectivity index (χ3v) is 5.41. The first kappa shape index (κ1) is 16.5. The molecule has 0 bridgehead atoms. The lowest BCUT2D eigenvalue weighted by atomic mass is 10.2. The fourth-order valence-electron chi connectivity index (χ4n) is 2.54. The number of hydrogen-bond donors (Lipinski definition) is 2. The second-order valence-electron chi connectivity index (χ2n) is 5.54. The summed E-state index contributed by atoms with van der Waals surface area (Å²) in [4.78, 5) is 12.3. The Bertz CT molecular complexity index is 864. The van der Waals surface area contributed by atoms with E-state index in [1.807, 2.05) is 6.07 Å². The molecule has 0 fully saturated rings. The molecule has 3 rings (SSSR count). The number of rotatable bonds is 5. The highest BCUT2D eigenvalue weighted by molar-refractivity contribution is 7.89. The van der Waals surface area contributed by atoms with Gasteiger partial charge in [0, 0.05) is 13.0 Å². The van der Waals surface area contributed by atoms with E-state index in [0.717, 1.165) is 0 Å². The molecule has 2 aromatic rings. The lowest BCUT2D eigenvalue weighted by Gasteiger charge is -2.25. The maximum atomic E-state index is 12.3. The van der Waals surface area contributed by atoms with Gasteiger partial charge in [-0.05, 0) is 30.7 Å². The molecular formula is C17H18N2O4S. The highest BCUT2D eigenvalue weighted by Gasteiger charge is 2.27. The van der Waals surface area contributed by atoms with Crippen molar-refractivity contribution in [1.82, 2.24) is 4.72 Å². The smallest absolute Gasteiger partial charge is 0.265 e. The standard InChI is InChI=1S/C17H18N2O4S/c1-12-6-2-5-9-16(12)24(21,22)18-11-10-15-17(20)19-13-7-3-4-8-14(13)23-15/h2-9,15,18H,10-11H2,1H3,(H,19,20). The minimum absolute atomic E-state index is 0.108. The molecule has 0 aliphatic carbocycles. The van der Waals surface area contributed by atoms with E-state index in [9.17, 15) is 13.2 Å². The summed E-state index contributed by atoms with van der Waals surface area (Å²) >= 11 is 0. The zero-order chi connectivity index (χ0) is 17.2. The monoisotopic (exact) mass is 346 g/mol. The second-order valence-corrected chi connectivity index (χ2v) is 7.28. The van der Waals surface area contributed by atoms with Crippen LogP contribution in [-0.4, -0.2) is 27.0 Å². The maximum absolute atomic E-state index is 12.3. The summed E-state index contributed by atoms with van der Waals surface area (Å²) in [6, 6.07) is 13.9. The van der Waals surface area contributed by atoms with Crippen LogP contribution in [0.25, 0.3) is 0 Å². The van der Waals surface area contributed by atoms with Crippen molar-refractivity contribution >= 4 is 21.6 Å². The summed E-state index contributed by atoms with van der Waals surface area (Å²) in [6.45, 7) is 1.85. The summed E-state index contributed by atoms with van der Waals surface area (Å²) in [5, 5.41) is 2.76. The third kappa shape index (κ3) is 3.42. The van der Waals surface area contributed by atoms with Crippen LogP contribution >= 0.6 is 0 Å². The lowest BCUT2D eigenvalue weighted by molar-refractivity contribution is -0.123. The SMILES string of the molecule is Cc1ccccc1S(=O)(=O)NCCC1Oc2ccccc2NC1=O. The number of benzene rings is 2. The molecule has 0 spiro atoms. The molecule has 1 unspecified atom stereocenters. The number of nitrogens with one attached hydrogen (secondary N) is 2. The quantitative estimate of drug-likeness (QED) is 0.868. The van der Waals surface area contributed by atoms with Gasteiger partial charge in [0.25, 0.3) is 5.91 Å². The molecule has 1 aliphatic heterocycles. The van der Waals surface area contributed by atoms with Gasteiger partial charge in [0.15, 0.2) is 6.10 Å². The van der Waals surface area contributed by atoms with Crippen LogP contribution in [0, 0.1) is 6.92 Å². The Labute approximate surface area is 140 Å². The van der Waals surface area contributed by atoms with Gasteiger partial charge in [-0.3, -0.25) is 4.79 Å². The Morgan fingerprint density at radius 1 is 1.12 bits per heavy atom. The minimum atomic E-state index is -3.61. The van der Waals surface area contributed by atoms with Crippen LogP contribution in [0.2, 0.25) is 0 Å². The molecule has 7 heteroatoms. The first-order valence-electron chi connectivity index (χ1n) is 7.59. The summed E-state index contributed by atoms with van der Waals surface area (Å²) in [5.41, 5.74) is 1.30.